The first-order valence-corrected chi connectivity index (χ1v) is 12.6. The second-order valence-corrected chi connectivity index (χ2v) is 8.72. The maximum absolute atomic E-state index is 10.3. The second-order valence-electron chi connectivity index (χ2n) is 8.72. The van der Waals surface area contributed by atoms with Crippen LogP contribution in [0.3, 0.4) is 0 Å². The Labute approximate surface area is 196 Å². The van der Waals surface area contributed by atoms with Crippen LogP contribution in [-0.4, -0.2) is 30.9 Å². The van der Waals surface area contributed by atoms with Crippen molar-refractivity contribution in [2.75, 3.05) is 14.1 Å². The summed E-state index contributed by atoms with van der Waals surface area (Å²) in [4.78, 5) is 11.8. The summed E-state index contributed by atoms with van der Waals surface area (Å²) in [6.07, 6.45) is 26.6. The normalized spacial score (nSPS) is 11.1. The molecule has 0 aliphatic rings. The minimum Gasteiger partial charge on any atom is -0.345 e. The first-order chi connectivity index (χ1) is 14.0. The molecule has 30 heavy (non-hydrogen) atoms. The van der Waals surface area contributed by atoms with Crippen molar-refractivity contribution in [1.82, 2.24) is 4.90 Å². The molecule has 0 rings (SSSR count). The Morgan fingerprint density at radius 2 is 1.10 bits per heavy atom. The Bertz CT molecular complexity index is 348. The zero-order chi connectivity index (χ0) is 22.2. The van der Waals surface area contributed by atoms with Gasteiger partial charge in [-0.1, -0.05) is 123 Å². The molecule has 1 unspecified atom stereocenters. The number of nitrogens with zero attached hydrogens (tertiary/aromatic N) is 1. The molecule has 4 heteroatoms. The van der Waals surface area contributed by atoms with E-state index in [4.69, 9.17) is 5.73 Å². The van der Waals surface area contributed by atoms with E-state index in [1.54, 1.807) is 14.1 Å². The number of hydrogen-bond donors (Lipinski definition) is 1. The Kier molecular flexibility index (Phi) is 32.3. The Morgan fingerprint density at radius 3 is 1.37 bits per heavy atom. The molecule has 0 fully saturated rings. The fourth-order valence-corrected chi connectivity index (χ4v) is 3.48. The SMILES string of the molecule is C=CC(=O)N(C)C.CCCCCCCCCCCCCCCCCC(N)CCC.Cl. The van der Waals surface area contributed by atoms with E-state index < -0.39 is 0 Å². The standard InChI is InChI=1S/C21H45N.C5H9NO.ClH/c1-3-5-6-7-8-9-10-11-12-13-14-15-16-17-18-20-21(22)19-4-2;1-4-5(7)6(2)3;/h21H,3-20,22H2,1-2H3;4H,1H2,2-3H3;1H. The third-order valence-electron chi connectivity index (χ3n) is 5.45. The van der Waals surface area contributed by atoms with Crippen molar-refractivity contribution < 1.29 is 4.79 Å². The molecule has 0 saturated carbocycles. The minimum absolute atomic E-state index is 0. The first-order valence-electron chi connectivity index (χ1n) is 12.6. The zero-order valence-corrected chi connectivity index (χ0v) is 21.7. The van der Waals surface area contributed by atoms with E-state index in [1.807, 2.05) is 0 Å². The number of carbonyl (C=O) groups excluding carboxylic acids is 1. The summed E-state index contributed by atoms with van der Waals surface area (Å²) in [6.45, 7) is 7.81. The maximum atomic E-state index is 10.3. The Hall–Kier alpha value is -0.540. The van der Waals surface area contributed by atoms with Crippen LogP contribution in [0.15, 0.2) is 12.7 Å². The lowest BCUT2D eigenvalue weighted by Gasteiger charge is -2.09. The number of halogens is 1. The number of hydrogen-bond acceptors (Lipinski definition) is 2. The molecule has 1 amide bonds. The van der Waals surface area contributed by atoms with Gasteiger partial charge in [-0.25, -0.2) is 0 Å². The van der Waals surface area contributed by atoms with Crippen LogP contribution in [0, 0.1) is 0 Å². The average Bonchev–Trinajstić information content (AvgIpc) is 2.70. The molecule has 3 nitrogen and oxygen atoms in total. The number of amides is 1. The van der Waals surface area contributed by atoms with Gasteiger partial charge in [0.25, 0.3) is 0 Å². The molecule has 1 atom stereocenters. The molecule has 0 aromatic heterocycles. The van der Waals surface area contributed by atoms with E-state index in [2.05, 4.69) is 20.4 Å². The van der Waals surface area contributed by atoms with Gasteiger partial charge in [-0.3, -0.25) is 4.79 Å². The molecule has 0 aromatic carbocycles. The second kappa shape index (κ2) is 28.5. The largest absolute Gasteiger partial charge is 0.345 e. The lowest BCUT2D eigenvalue weighted by molar-refractivity contribution is -0.123. The van der Waals surface area contributed by atoms with E-state index in [0.717, 1.165) is 0 Å². The summed E-state index contributed by atoms with van der Waals surface area (Å²) >= 11 is 0. The number of likely N-dealkylation sites (N-methyl/N-ethyl adjacent to an activating group) is 1. The predicted molar refractivity (Wildman–Crippen MR) is 139 cm³/mol. The monoisotopic (exact) mass is 446 g/mol. The van der Waals surface area contributed by atoms with Crippen LogP contribution < -0.4 is 5.73 Å². The Balaban J connectivity index is -0.000000779. The first kappa shape index (κ1) is 34.1. The molecule has 0 heterocycles. The van der Waals surface area contributed by atoms with Gasteiger partial charge >= 0.3 is 0 Å². The highest BCUT2D eigenvalue weighted by atomic mass is 35.5. The summed E-state index contributed by atoms with van der Waals surface area (Å²) < 4.78 is 0. The zero-order valence-electron chi connectivity index (χ0n) is 20.9. The van der Waals surface area contributed by atoms with Gasteiger partial charge < -0.3 is 10.6 Å². The quantitative estimate of drug-likeness (QED) is 0.161. The van der Waals surface area contributed by atoms with Crippen molar-refractivity contribution in [3.05, 3.63) is 12.7 Å². The van der Waals surface area contributed by atoms with Gasteiger partial charge in [-0.05, 0) is 18.9 Å². The van der Waals surface area contributed by atoms with E-state index in [0.29, 0.717) is 6.04 Å². The third-order valence-corrected chi connectivity index (χ3v) is 5.45. The topological polar surface area (TPSA) is 46.3 Å². The summed E-state index contributed by atoms with van der Waals surface area (Å²) in [7, 11) is 3.37. The number of nitrogens with two attached hydrogens (primary N) is 1. The van der Waals surface area contributed by atoms with E-state index in [9.17, 15) is 4.79 Å². The molecular formula is C26H55ClN2O. The fourth-order valence-electron chi connectivity index (χ4n) is 3.48. The highest BCUT2D eigenvalue weighted by Crippen LogP contribution is 2.14. The van der Waals surface area contributed by atoms with Gasteiger partial charge in [0, 0.05) is 20.1 Å². The van der Waals surface area contributed by atoms with Crippen LogP contribution in [0.4, 0.5) is 0 Å². The highest BCUT2D eigenvalue weighted by Gasteiger charge is 2.00. The summed E-state index contributed by atoms with van der Waals surface area (Å²) in [5.41, 5.74) is 6.04. The molecule has 0 bridgehead atoms. The Morgan fingerprint density at radius 1 is 0.733 bits per heavy atom. The lowest BCUT2D eigenvalue weighted by atomic mass is 10.0. The molecular weight excluding hydrogens is 392 g/mol. The molecule has 0 spiro atoms. The van der Waals surface area contributed by atoms with Gasteiger partial charge in [0.1, 0.15) is 0 Å². The summed E-state index contributed by atoms with van der Waals surface area (Å²) in [5.74, 6) is -0.0556. The summed E-state index contributed by atoms with van der Waals surface area (Å²) in [5, 5.41) is 0. The van der Waals surface area contributed by atoms with Crippen LogP contribution in [0.5, 0.6) is 0 Å². The van der Waals surface area contributed by atoms with Crippen molar-refractivity contribution in [3.8, 4) is 0 Å². The van der Waals surface area contributed by atoms with Crippen LogP contribution >= 0.6 is 12.4 Å². The molecule has 0 saturated heterocycles. The van der Waals surface area contributed by atoms with Crippen LogP contribution in [-0.2, 0) is 4.79 Å². The lowest BCUT2D eigenvalue weighted by Crippen LogP contribution is -2.18. The van der Waals surface area contributed by atoms with E-state index in [1.165, 1.54) is 127 Å². The minimum atomic E-state index is -0.0556. The molecule has 0 radical (unpaired) electrons. The van der Waals surface area contributed by atoms with Crippen molar-refractivity contribution in [3.63, 3.8) is 0 Å². The van der Waals surface area contributed by atoms with Gasteiger partial charge in [-0.2, -0.15) is 0 Å². The van der Waals surface area contributed by atoms with E-state index >= 15 is 0 Å². The fraction of sp³-hybridized carbons (Fsp3) is 0.885. The van der Waals surface area contributed by atoms with Crippen LogP contribution in [0.1, 0.15) is 129 Å². The average molecular weight is 447 g/mol. The number of unbranched alkanes of at least 4 members (excludes halogenated alkanes) is 14. The van der Waals surface area contributed by atoms with Crippen molar-refractivity contribution in [2.24, 2.45) is 5.73 Å². The molecule has 0 aromatic rings. The van der Waals surface area contributed by atoms with Crippen molar-refractivity contribution in [1.29, 1.82) is 0 Å². The van der Waals surface area contributed by atoms with Gasteiger partial charge in [0.15, 0.2) is 0 Å². The van der Waals surface area contributed by atoms with Gasteiger partial charge in [-0.15, -0.1) is 12.4 Å². The van der Waals surface area contributed by atoms with Crippen LogP contribution in [0.2, 0.25) is 0 Å². The van der Waals surface area contributed by atoms with Gasteiger partial charge in [0.2, 0.25) is 5.91 Å². The van der Waals surface area contributed by atoms with Crippen molar-refractivity contribution >= 4 is 18.3 Å². The van der Waals surface area contributed by atoms with Gasteiger partial charge in [0.05, 0.1) is 0 Å². The molecule has 0 aliphatic carbocycles. The third kappa shape index (κ3) is 29.7. The van der Waals surface area contributed by atoms with E-state index in [-0.39, 0.29) is 18.3 Å². The van der Waals surface area contributed by atoms with Crippen molar-refractivity contribution in [2.45, 2.75) is 135 Å². The molecule has 2 N–H and O–H groups in total. The molecule has 182 valence electrons. The molecule has 0 aliphatic heterocycles. The highest BCUT2D eigenvalue weighted by molar-refractivity contribution is 5.86. The summed E-state index contributed by atoms with van der Waals surface area (Å²) in [6, 6.07) is 0.465. The smallest absolute Gasteiger partial charge is 0.245 e. The predicted octanol–water partition coefficient (Wildman–Crippen LogP) is 8.06. The number of carbonyl (C=O) groups is 1. The maximum Gasteiger partial charge on any atom is 0.245 e. The number of rotatable bonds is 19. The van der Waals surface area contributed by atoms with Crippen LogP contribution in [0.25, 0.3) is 0 Å².